The second-order valence-corrected chi connectivity index (χ2v) is 11.2. The number of rotatable bonds is 3. The smallest absolute Gasteiger partial charge is 0.191 e. The van der Waals surface area contributed by atoms with E-state index >= 15 is 0 Å². The van der Waals surface area contributed by atoms with Gasteiger partial charge in [-0.2, -0.15) is 0 Å². The van der Waals surface area contributed by atoms with Gasteiger partial charge in [0.25, 0.3) is 0 Å². The zero-order valence-corrected chi connectivity index (χ0v) is 19.4. The Morgan fingerprint density at radius 1 is 1.23 bits per heavy atom. The molecule has 3 aliphatic carbocycles. The van der Waals surface area contributed by atoms with Gasteiger partial charge in [-0.05, 0) is 73.5 Å². The van der Waals surface area contributed by atoms with Crippen LogP contribution in [0.25, 0.3) is 10.9 Å². The van der Waals surface area contributed by atoms with Crippen LogP contribution in [0.2, 0.25) is 0 Å². The number of aliphatic imine (C=N–C) groups is 1. The number of aromatic nitrogens is 1. The second-order valence-electron chi connectivity index (χ2n) is 11.2. The maximum absolute atomic E-state index is 12.9. The molecule has 3 heterocycles. The summed E-state index contributed by atoms with van der Waals surface area (Å²) < 4.78 is 6.63. The molecule has 1 spiro atoms. The van der Waals surface area contributed by atoms with Crippen LogP contribution >= 0.6 is 0 Å². The van der Waals surface area contributed by atoms with Crippen molar-refractivity contribution < 1.29 is 14.9 Å². The van der Waals surface area contributed by atoms with Gasteiger partial charge in [0.2, 0.25) is 0 Å². The van der Waals surface area contributed by atoms with Crippen LogP contribution in [0.4, 0.5) is 5.69 Å². The molecule has 2 aromatic carbocycles. The molecule has 1 aromatic heterocycles. The van der Waals surface area contributed by atoms with Crippen LogP contribution in [0.5, 0.6) is 11.5 Å². The van der Waals surface area contributed by atoms with E-state index in [1.165, 1.54) is 18.4 Å². The molecule has 2 aliphatic heterocycles. The number of hydrogen-bond acceptors (Lipinski definition) is 5. The van der Waals surface area contributed by atoms with Crippen LogP contribution in [0.1, 0.15) is 47.8 Å². The number of nitrogens with one attached hydrogen (secondary N) is 1. The molecule has 1 saturated carbocycles. The molecule has 5 aliphatic rings. The number of nitrogens with zero attached hydrogens (tertiary/aromatic N) is 2. The minimum Gasteiger partial charge on any atom is -0.504 e. The van der Waals surface area contributed by atoms with Gasteiger partial charge in [-0.1, -0.05) is 6.07 Å². The Morgan fingerprint density at radius 3 is 2.89 bits per heavy atom. The maximum Gasteiger partial charge on any atom is 0.191 e. The Balaban J connectivity index is 1.38. The van der Waals surface area contributed by atoms with E-state index in [-0.39, 0.29) is 23.9 Å². The van der Waals surface area contributed by atoms with Gasteiger partial charge in [0, 0.05) is 35.5 Å². The molecule has 1 saturated heterocycles. The summed E-state index contributed by atoms with van der Waals surface area (Å²) in [7, 11) is 0. The molecule has 8 heteroatoms. The normalized spacial score (nSPS) is 32.1. The number of aromatic amines is 1. The highest BCUT2D eigenvalue weighted by Crippen LogP contribution is 2.69. The van der Waals surface area contributed by atoms with E-state index in [1.807, 2.05) is 24.3 Å². The molecule has 3 aromatic rings. The third-order valence-corrected chi connectivity index (χ3v) is 9.40. The van der Waals surface area contributed by atoms with E-state index in [2.05, 4.69) is 14.9 Å². The zero-order valence-electron chi connectivity index (χ0n) is 19.4. The summed E-state index contributed by atoms with van der Waals surface area (Å²) in [6, 6.07) is 9.64. The van der Waals surface area contributed by atoms with E-state index in [9.17, 15) is 10.2 Å². The lowest BCUT2D eigenvalue weighted by Gasteiger charge is -2.62. The minimum absolute atomic E-state index is 0.00457. The highest BCUT2D eigenvalue weighted by molar-refractivity contribution is 5.90. The number of guanidine groups is 1. The van der Waals surface area contributed by atoms with Crippen LogP contribution in [0.3, 0.4) is 0 Å². The molecule has 2 fully saturated rings. The first-order chi connectivity index (χ1) is 16.9. The number of piperidine rings is 1. The van der Waals surface area contributed by atoms with Crippen molar-refractivity contribution in [1.29, 1.82) is 0 Å². The summed E-state index contributed by atoms with van der Waals surface area (Å²) in [4.78, 5) is 10.4. The molecule has 0 amide bonds. The molecular weight excluding hydrogens is 442 g/mol. The molecule has 35 heavy (non-hydrogen) atoms. The van der Waals surface area contributed by atoms with Gasteiger partial charge in [-0.15, -0.1) is 0 Å². The van der Waals surface area contributed by atoms with Gasteiger partial charge in [-0.25, -0.2) is 4.99 Å². The number of H-pyrrole nitrogens is 1. The Morgan fingerprint density at radius 2 is 2.09 bits per heavy atom. The summed E-state index contributed by atoms with van der Waals surface area (Å²) in [5.74, 6) is 1.46. The van der Waals surface area contributed by atoms with Crippen molar-refractivity contribution in [1.82, 2.24) is 9.88 Å². The van der Waals surface area contributed by atoms with Crippen molar-refractivity contribution in [3.63, 3.8) is 0 Å². The standard InChI is InChI=1S/C27H29N5O3/c28-25(29)30-15-4-5-18-16(10-15)17-11-27(34)20-9-14-3-6-19(33)23-21(14)26(27,24(35-23)22(17)31-18)7-8-32(20)12-13-1-2-13/h3-6,10,13,20,24,31,33-34H,1-2,7-9,11-12H2,(H4,28,29,30)/t20-,24-,26-,27+/m1/s1. The second kappa shape index (κ2) is 6.30. The molecule has 0 radical (unpaired) electrons. The van der Waals surface area contributed by atoms with E-state index in [1.54, 1.807) is 6.07 Å². The topological polar surface area (TPSA) is 133 Å². The average Bonchev–Trinajstić information content (AvgIpc) is 3.46. The van der Waals surface area contributed by atoms with Gasteiger partial charge < -0.3 is 31.4 Å². The van der Waals surface area contributed by atoms with Gasteiger partial charge in [0.1, 0.15) is 0 Å². The Hall–Kier alpha value is -3.23. The molecule has 8 nitrogen and oxygen atoms in total. The van der Waals surface area contributed by atoms with E-state index in [0.717, 1.165) is 59.6 Å². The van der Waals surface area contributed by atoms with Crippen LogP contribution in [-0.2, 0) is 18.3 Å². The Labute approximate surface area is 202 Å². The number of benzene rings is 2. The van der Waals surface area contributed by atoms with Crippen LogP contribution in [-0.4, -0.2) is 50.8 Å². The average molecular weight is 472 g/mol. The molecule has 180 valence electrons. The highest BCUT2D eigenvalue weighted by Gasteiger charge is 2.72. The first kappa shape index (κ1) is 20.0. The Kier molecular flexibility index (Phi) is 3.60. The number of fused-ring (bicyclic) bond motifs is 4. The van der Waals surface area contributed by atoms with Gasteiger partial charge in [-0.3, -0.25) is 4.90 Å². The Bertz CT molecular complexity index is 1450. The zero-order chi connectivity index (χ0) is 23.7. The number of phenolic OH excluding ortho intramolecular Hbond substituents is 1. The fourth-order valence-electron chi connectivity index (χ4n) is 7.83. The number of hydrogen-bond donors (Lipinski definition) is 5. The quantitative estimate of drug-likeness (QED) is 0.294. The third-order valence-electron chi connectivity index (χ3n) is 9.40. The van der Waals surface area contributed by atoms with E-state index < -0.39 is 11.0 Å². The summed E-state index contributed by atoms with van der Waals surface area (Å²) in [6.45, 7) is 1.98. The van der Waals surface area contributed by atoms with Crippen molar-refractivity contribution in [2.24, 2.45) is 22.4 Å². The number of ether oxygens (including phenoxy) is 1. The number of aromatic hydroxyl groups is 1. The molecule has 7 N–H and O–H groups in total. The first-order valence-corrected chi connectivity index (χ1v) is 12.6. The number of likely N-dealkylation sites (tertiary alicyclic amines) is 1. The predicted octanol–water partition coefficient (Wildman–Crippen LogP) is 2.48. The number of nitrogens with two attached hydrogens (primary N) is 2. The summed E-state index contributed by atoms with van der Waals surface area (Å²) in [5.41, 5.74) is 15.6. The van der Waals surface area contributed by atoms with E-state index in [4.69, 9.17) is 16.2 Å². The van der Waals surface area contributed by atoms with Crippen molar-refractivity contribution in [2.75, 3.05) is 13.1 Å². The lowest BCUT2D eigenvalue weighted by atomic mass is 9.49. The number of phenols is 1. The largest absolute Gasteiger partial charge is 0.504 e. The van der Waals surface area contributed by atoms with Crippen molar-refractivity contribution in [3.8, 4) is 11.5 Å². The van der Waals surface area contributed by atoms with Gasteiger partial charge >= 0.3 is 0 Å². The van der Waals surface area contributed by atoms with Crippen LogP contribution in [0, 0.1) is 5.92 Å². The lowest BCUT2D eigenvalue weighted by Crippen LogP contribution is -2.74. The first-order valence-electron chi connectivity index (χ1n) is 12.6. The van der Waals surface area contributed by atoms with Gasteiger partial charge in [0.05, 0.1) is 22.4 Å². The summed E-state index contributed by atoms with van der Waals surface area (Å²) in [5, 5.41) is 24.7. The van der Waals surface area contributed by atoms with Crippen molar-refractivity contribution in [3.05, 3.63) is 52.7 Å². The number of aliphatic hydroxyl groups is 1. The predicted molar refractivity (Wildman–Crippen MR) is 132 cm³/mol. The fourth-order valence-corrected chi connectivity index (χ4v) is 7.83. The minimum atomic E-state index is -1.01. The summed E-state index contributed by atoms with van der Waals surface area (Å²) >= 11 is 0. The molecular formula is C27H29N5O3. The maximum atomic E-state index is 12.9. The SMILES string of the molecule is NC(N)=Nc1ccc2[nH]c3c(c2c1)C[C@]1(O)[C@H]2Cc4ccc(O)c5c4[C@]1(CCN2CC1CC1)[C@@H]3O5. The monoisotopic (exact) mass is 471 g/mol. The molecule has 2 bridgehead atoms. The third kappa shape index (κ3) is 2.37. The van der Waals surface area contributed by atoms with Crippen molar-refractivity contribution >= 4 is 22.5 Å². The van der Waals surface area contributed by atoms with Gasteiger partial charge in [0.15, 0.2) is 23.6 Å². The molecule has 8 rings (SSSR count). The van der Waals surface area contributed by atoms with E-state index in [0.29, 0.717) is 17.9 Å². The lowest BCUT2D eigenvalue weighted by molar-refractivity contribution is -0.173. The fraction of sp³-hybridized carbons (Fsp3) is 0.444. The molecule has 4 atom stereocenters. The highest BCUT2D eigenvalue weighted by atomic mass is 16.5. The summed E-state index contributed by atoms with van der Waals surface area (Å²) in [6.07, 6.45) is 4.27. The van der Waals surface area contributed by atoms with Crippen LogP contribution in [0.15, 0.2) is 35.3 Å². The van der Waals surface area contributed by atoms with Crippen LogP contribution < -0.4 is 16.2 Å². The van der Waals surface area contributed by atoms with Crippen molar-refractivity contribution in [2.45, 2.75) is 55.3 Å². The molecule has 0 unspecified atom stereocenters.